The molecule has 0 atom stereocenters. The fourth-order valence-electron chi connectivity index (χ4n) is 1.27. The highest BCUT2D eigenvalue weighted by Crippen LogP contribution is 2.33. The van der Waals surface area contributed by atoms with E-state index in [1.165, 1.54) is 6.07 Å². The minimum atomic E-state index is -4.78. The number of hydrogen-bond acceptors (Lipinski definition) is 3. The third-order valence-electron chi connectivity index (χ3n) is 1.99. The molecule has 1 aromatic rings. The van der Waals surface area contributed by atoms with E-state index in [1.54, 1.807) is 0 Å². The number of benzene rings is 1. The normalized spacial score (nSPS) is 10.8. The first-order chi connectivity index (χ1) is 7.82. The highest BCUT2D eigenvalue weighted by Gasteiger charge is 2.35. The van der Waals surface area contributed by atoms with Crippen LogP contribution in [0.25, 0.3) is 0 Å². The second-order valence-electron chi connectivity index (χ2n) is 2.95. The Bertz CT molecular complexity index is 532. The number of nitriles is 1. The van der Waals surface area contributed by atoms with Gasteiger partial charge in [0.2, 0.25) is 0 Å². The SMILES string of the molecule is N#Cc1c(C(=O)Cl)ccc(C(F)(F)F)c1C=O. The van der Waals surface area contributed by atoms with Gasteiger partial charge in [0.25, 0.3) is 5.24 Å². The van der Waals surface area contributed by atoms with Gasteiger partial charge >= 0.3 is 6.18 Å². The summed E-state index contributed by atoms with van der Waals surface area (Å²) in [5, 5.41) is 7.58. The van der Waals surface area contributed by atoms with Crippen molar-refractivity contribution < 1.29 is 22.8 Å². The van der Waals surface area contributed by atoms with Crippen molar-refractivity contribution in [3.05, 3.63) is 34.4 Å². The van der Waals surface area contributed by atoms with Gasteiger partial charge < -0.3 is 0 Å². The number of carbonyl (C=O) groups excluding carboxylic acids is 2. The van der Waals surface area contributed by atoms with Gasteiger partial charge in [0.05, 0.1) is 16.7 Å². The Morgan fingerprint density at radius 2 is 2.00 bits per heavy atom. The van der Waals surface area contributed by atoms with Crippen molar-refractivity contribution in [2.75, 3.05) is 0 Å². The van der Waals surface area contributed by atoms with E-state index in [4.69, 9.17) is 16.9 Å². The molecule has 0 heterocycles. The molecule has 3 nitrogen and oxygen atoms in total. The van der Waals surface area contributed by atoms with Crippen molar-refractivity contribution in [2.24, 2.45) is 0 Å². The van der Waals surface area contributed by atoms with Crippen LogP contribution < -0.4 is 0 Å². The molecule has 7 heteroatoms. The lowest BCUT2D eigenvalue weighted by atomic mass is 9.97. The Morgan fingerprint density at radius 1 is 1.41 bits per heavy atom. The molecule has 0 N–H and O–H groups in total. The van der Waals surface area contributed by atoms with Gasteiger partial charge in [0, 0.05) is 5.56 Å². The Balaban J connectivity index is 3.68. The lowest BCUT2D eigenvalue weighted by Gasteiger charge is -2.11. The van der Waals surface area contributed by atoms with Gasteiger partial charge in [-0.2, -0.15) is 18.4 Å². The second kappa shape index (κ2) is 4.55. The molecule has 0 aliphatic rings. The van der Waals surface area contributed by atoms with E-state index in [1.807, 2.05) is 0 Å². The molecule has 0 aliphatic heterocycles. The molecule has 0 spiro atoms. The zero-order valence-electron chi connectivity index (χ0n) is 8.01. The molecule has 0 fully saturated rings. The molecule has 17 heavy (non-hydrogen) atoms. The fraction of sp³-hybridized carbons (Fsp3) is 0.100. The smallest absolute Gasteiger partial charge is 0.298 e. The van der Waals surface area contributed by atoms with Crippen LogP contribution in [-0.2, 0) is 6.18 Å². The van der Waals surface area contributed by atoms with Crippen molar-refractivity contribution in [1.82, 2.24) is 0 Å². The van der Waals surface area contributed by atoms with Crippen LogP contribution >= 0.6 is 11.6 Å². The minimum Gasteiger partial charge on any atom is -0.298 e. The summed E-state index contributed by atoms with van der Waals surface area (Å²) in [7, 11) is 0. The van der Waals surface area contributed by atoms with Crippen LogP contribution in [0.2, 0.25) is 0 Å². The zero-order chi connectivity index (χ0) is 13.2. The molecular formula is C10H3ClF3NO2. The molecular weight excluding hydrogens is 259 g/mol. The number of hydrogen-bond donors (Lipinski definition) is 0. The Kier molecular flexibility index (Phi) is 3.53. The number of rotatable bonds is 2. The first kappa shape index (κ1) is 13.2. The molecule has 0 amide bonds. The Labute approximate surface area is 98.4 Å². The predicted octanol–water partition coefficient (Wildman–Crippen LogP) is 2.77. The van der Waals surface area contributed by atoms with Crippen molar-refractivity contribution in [3.8, 4) is 6.07 Å². The van der Waals surface area contributed by atoms with Crippen LogP contribution in [0.3, 0.4) is 0 Å². The largest absolute Gasteiger partial charge is 0.417 e. The molecule has 0 unspecified atom stereocenters. The minimum absolute atomic E-state index is 0.120. The van der Waals surface area contributed by atoms with Crippen LogP contribution in [0.15, 0.2) is 12.1 Å². The molecule has 1 rings (SSSR count). The van der Waals surface area contributed by atoms with Crippen LogP contribution in [-0.4, -0.2) is 11.5 Å². The number of aldehydes is 1. The summed E-state index contributed by atoms with van der Waals surface area (Å²) < 4.78 is 37.5. The van der Waals surface area contributed by atoms with Crippen molar-refractivity contribution in [1.29, 1.82) is 5.26 Å². The lowest BCUT2D eigenvalue weighted by molar-refractivity contribution is -0.137. The van der Waals surface area contributed by atoms with Gasteiger partial charge in [-0.1, -0.05) is 0 Å². The van der Waals surface area contributed by atoms with Crippen molar-refractivity contribution in [3.63, 3.8) is 0 Å². The van der Waals surface area contributed by atoms with E-state index in [0.29, 0.717) is 6.07 Å². The highest BCUT2D eigenvalue weighted by atomic mass is 35.5. The Hall–Kier alpha value is -1.87. The van der Waals surface area contributed by atoms with E-state index in [2.05, 4.69) is 0 Å². The molecule has 0 bridgehead atoms. The fourth-order valence-corrected chi connectivity index (χ4v) is 1.43. The topological polar surface area (TPSA) is 57.9 Å². The molecule has 0 aliphatic carbocycles. The summed E-state index contributed by atoms with van der Waals surface area (Å²) in [4.78, 5) is 21.5. The third kappa shape index (κ3) is 2.45. The summed E-state index contributed by atoms with van der Waals surface area (Å²) in [6, 6.07) is 2.68. The summed E-state index contributed by atoms with van der Waals surface area (Å²) in [5.74, 6) is 0. The summed E-state index contributed by atoms with van der Waals surface area (Å²) in [6.45, 7) is 0. The van der Waals surface area contributed by atoms with Crippen LogP contribution in [0.5, 0.6) is 0 Å². The second-order valence-corrected chi connectivity index (χ2v) is 3.29. The van der Waals surface area contributed by atoms with E-state index in [0.717, 1.165) is 6.07 Å². The number of halogens is 4. The monoisotopic (exact) mass is 261 g/mol. The van der Waals surface area contributed by atoms with Gasteiger partial charge in [-0.05, 0) is 23.7 Å². The molecule has 0 saturated heterocycles. The van der Waals surface area contributed by atoms with Gasteiger partial charge in [-0.15, -0.1) is 0 Å². The Morgan fingerprint density at radius 3 is 2.35 bits per heavy atom. The average molecular weight is 262 g/mol. The van der Waals surface area contributed by atoms with Gasteiger partial charge in [-0.25, -0.2) is 0 Å². The van der Waals surface area contributed by atoms with Gasteiger partial charge in [0.1, 0.15) is 6.07 Å². The van der Waals surface area contributed by atoms with Crippen molar-refractivity contribution >= 4 is 23.1 Å². The molecule has 1 aromatic carbocycles. The van der Waals surface area contributed by atoms with Crippen LogP contribution in [0, 0.1) is 11.3 Å². The number of nitrogens with zero attached hydrogens (tertiary/aromatic N) is 1. The maximum Gasteiger partial charge on any atom is 0.417 e. The maximum atomic E-state index is 12.5. The average Bonchev–Trinajstić information content (AvgIpc) is 2.25. The standard InChI is InChI=1S/C10H3ClF3NO2/c11-9(17)5-1-2-8(10(12,13)14)7(4-16)6(5)3-15/h1-2,4H. The molecule has 88 valence electrons. The maximum absolute atomic E-state index is 12.5. The summed E-state index contributed by atoms with van der Waals surface area (Å²) in [5.41, 5.74) is -3.25. The van der Waals surface area contributed by atoms with Crippen molar-refractivity contribution in [2.45, 2.75) is 6.18 Å². The lowest BCUT2D eigenvalue weighted by Crippen LogP contribution is -2.12. The summed E-state index contributed by atoms with van der Waals surface area (Å²) >= 11 is 5.10. The quantitative estimate of drug-likeness (QED) is 0.607. The van der Waals surface area contributed by atoms with Gasteiger partial charge in [-0.3, -0.25) is 9.59 Å². The number of carbonyl (C=O) groups is 2. The van der Waals surface area contributed by atoms with E-state index in [9.17, 15) is 22.8 Å². The van der Waals surface area contributed by atoms with E-state index < -0.39 is 33.7 Å². The molecule has 0 aromatic heterocycles. The molecule has 0 saturated carbocycles. The van der Waals surface area contributed by atoms with E-state index >= 15 is 0 Å². The number of alkyl halides is 3. The summed E-state index contributed by atoms with van der Waals surface area (Å²) in [6.07, 6.45) is -4.90. The first-order valence-corrected chi connectivity index (χ1v) is 4.50. The zero-order valence-corrected chi connectivity index (χ0v) is 8.76. The van der Waals surface area contributed by atoms with Crippen LogP contribution in [0.4, 0.5) is 13.2 Å². The third-order valence-corrected chi connectivity index (χ3v) is 2.20. The van der Waals surface area contributed by atoms with Gasteiger partial charge in [0.15, 0.2) is 6.29 Å². The predicted molar refractivity (Wildman–Crippen MR) is 51.7 cm³/mol. The van der Waals surface area contributed by atoms with E-state index in [-0.39, 0.29) is 6.29 Å². The first-order valence-electron chi connectivity index (χ1n) is 4.12. The van der Waals surface area contributed by atoms with Crippen LogP contribution in [0.1, 0.15) is 31.8 Å². The molecule has 0 radical (unpaired) electrons. The highest BCUT2D eigenvalue weighted by molar-refractivity contribution is 6.68.